The summed E-state index contributed by atoms with van der Waals surface area (Å²) in [5.41, 5.74) is 5.26. The number of aryl methyl sites for hydroxylation is 1. The van der Waals surface area contributed by atoms with Crippen LogP contribution in [0, 0.1) is 12.7 Å². The van der Waals surface area contributed by atoms with Gasteiger partial charge in [-0.15, -0.1) is 0 Å². The Kier molecular flexibility index (Phi) is 7.15. The van der Waals surface area contributed by atoms with Crippen LogP contribution >= 0.6 is 0 Å². The summed E-state index contributed by atoms with van der Waals surface area (Å²) < 4.78 is 40.1. The maximum Gasteiger partial charge on any atom is 0.266 e. The molecule has 0 aromatic heterocycles. The van der Waals surface area contributed by atoms with Crippen molar-refractivity contribution in [3.8, 4) is 0 Å². The van der Waals surface area contributed by atoms with Crippen LogP contribution in [-0.2, 0) is 15.4 Å². The SMILES string of the molecule is Cc1ccc(C2CNCCN2c2cccc(C3CC(C)(C)c4cc(F)cc(C(=O)NS(C)(=O)=O)c4N3)c2)cc1. The lowest BCUT2D eigenvalue weighted by Crippen LogP contribution is -2.46. The first-order chi connectivity index (χ1) is 18.4. The molecule has 1 fully saturated rings. The molecule has 3 aromatic carbocycles. The first kappa shape index (κ1) is 27.1. The van der Waals surface area contributed by atoms with Crippen molar-refractivity contribution in [2.45, 2.75) is 44.7 Å². The molecule has 3 N–H and O–H groups in total. The first-order valence-electron chi connectivity index (χ1n) is 13.2. The number of carbonyl (C=O) groups excluding carboxylic acids is 1. The highest BCUT2D eigenvalue weighted by molar-refractivity contribution is 7.89. The molecular formula is C30H35FN4O3S. The fraction of sp³-hybridized carbons (Fsp3) is 0.367. The molecule has 5 rings (SSSR count). The number of nitrogens with zero attached hydrogens (tertiary/aromatic N) is 1. The van der Waals surface area contributed by atoms with Gasteiger partial charge < -0.3 is 15.5 Å². The lowest BCUT2D eigenvalue weighted by Gasteiger charge is -2.41. The lowest BCUT2D eigenvalue weighted by atomic mass is 9.73. The van der Waals surface area contributed by atoms with Gasteiger partial charge in [-0.25, -0.2) is 17.5 Å². The van der Waals surface area contributed by atoms with E-state index in [2.05, 4.69) is 64.9 Å². The van der Waals surface area contributed by atoms with E-state index >= 15 is 0 Å². The van der Waals surface area contributed by atoms with Gasteiger partial charge in [0, 0.05) is 25.3 Å². The minimum absolute atomic E-state index is 0.0223. The summed E-state index contributed by atoms with van der Waals surface area (Å²) in [4.78, 5) is 15.3. The molecule has 0 radical (unpaired) electrons. The molecule has 0 aliphatic carbocycles. The highest BCUT2D eigenvalue weighted by Gasteiger charge is 2.37. The molecule has 7 nitrogen and oxygen atoms in total. The van der Waals surface area contributed by atoms with Crippen LogP contribution < -0.4 is 20.3 Å². The predicted molar refractivity (Wildman–Crippen MR) is 153 cm³/mol. The van der Waals surface area contributed by atoms with Gasteiger partial charge in [0.15, 0.2) is 0 Å². The minimum atomic E-state index is -3.81. The molecule has 1 saturated heterocycles. The minimum Gasteiger partial charge on any atom is -0.377 e. The van der Waals surface area contributed by atoms with Gasteiger partial charge in [0.25, 0.3) is 5.91 Å². The third-order valence-electron chi connectivity index (χ3n) is 7.70. The van der Waals surface area contributed by atoms with E-state index in [0.717, 1.165) is 43.2 Å². The topological polar surface area (TPSA) is 90.5 Å². The fourth-order valence-corrected chi connectivity index (χ4v) is 6.21. The van der Waals surface area contributed by atoms with Crippen molar-refractivity contribution in [2.75, 3.05) is 36.1 Å². The van der Waals surface area contributed by atoms with Crippen LogP contribution in [0.5, 0.6) is 0 Å². The Hall–Kier alpha value is -3.43. The summed E-state index contributed by atoms with van der Waals surface area (Å²) >= 11 is 0. The van der Waals surface area contributed by atoms with Crippen LogP contribution in [0.25, 0.3) is 0 Å². The van der Waals surface area contributed by atoms with Crippen molar-refractivity contribution in [3.05, 3.63) is 94.3 Å². The van der Waals surface area contributed by atoms with Crippen molar-refractivity contribution in [3.63, 3.8) is 0 Å². The van der Waals surface area contributed by atoms with E-state index in [1.807, 2.05) is 24.6 Å². The quantitative estimate of drug-likeness (QED) is 0.423. The third kappa shape index (κ3) is 5.79. The second-order valence-corrected chi connectivity index (χ2v) is 13.0. The number of carbonyl (C=O) groups is 1. The van der Waals surface area contributed by atoms with Crippen molar-refractivity contribution >= 4 is 27.3 Å². The summed E-state index contributed by atoms with van der Waals surface area (Å²) in [6.07, 6.45) is 1.57. The lowest BCUT2D eigenvalue weighted by molar-refractivity contribution is 0.0981. The van der Waals surface area contributed by atoms with E-state index in [1.165, 1.54) is 17.2 Å². The van der Waals surface area contributed by atoms with Gasteiger partial charge in [-0.05, 0) is 59.7 Å². The molecule has 39 heavy (non-hydrogen) atoms. The fourth-order valence-electron chi connectivity index (χ4n) is 5.77. The van der Waals surface area contributed by atoms with Crippen LogP contribution in [0.15, 0.2) is 60.7 Å². The second-order valence-electron chi connectivity index (χ2n) is 11.3. The first-order valence-corrected chi connectivity index (χ1v) is 15.1. The van der Waals surface area contributed by atoms with E-state index in [1.54, 1.807) is 0 Å². The zero-order chi connectivity index (χ0) is 27.9. The number of anilines is 2. The number of hydrogen-bond acceptors (Lipinski definition) is 6. The van der Waals surface area contributed by atoms with Crippen molar-refractivity contribution in [1.82, 2.24) is 10.0 Å². The van der Waals surface area contributed by atoms with Gasteiger partial charge in [-0.3, -0.25) is 4.79 Å². The number of fused-ring (bicyclic) bond motifs is 1. The number of nitrogens with one attached hydrogen (secondary N) is 3. The molecule has 0 bridgehead atoms. The molecule has 2 aliphatic heterocycles. The molecular weight excluding hydrogens is 515 g/mol. The molecule has 2 unspecified atom stereocenters. The van der Waals surface area contributed by atoms with Gasteiger partial charge >= 0.3 is 0 Å². The Morgan fingerprint density at radius 1 is 1.08 bits per heavy atom. The zero-order valence-corrected chi connectivity index (χ0v) is 23.5. The average Bonchev–Trinajstić information content (AvgIpc) is 2.88. The summed E-state index contributed by atoms with van der Waals surface area (Å²) in [7, 11) is -3.81. The van der Waals surface area contributed by atoms with Crippen LogP contribution in [0.1, 0.15) is 65.0 Å². The summed E-state index contributed by atoms with van der Waals surface area (Å²) in [5, 5.41) is 6.98. The summed E-state index contributed by atoms with van der Waals surface area (Å²) in [6.45, 7) is 8.73. The highest BCUT2D eigenvalue weighted by Crippen LogP contribution is 2.46. The summed E-state index contributed by atoms with van der Waals surface area (Å²) in [6, 6.07) is 19.6. The molecule has 0 saturated carbocycles. The van der Waals surface area contributed by atoms with E-state index in [4.69, 9.17) is 0 Å². The number of halogens is 1. The normalized spacial score (nSPS) is 20.6. The molecule has 1 amide bonds. The standard InChI is InChI=1S/C30H35FN4O3S/c1-19-8-10-20(11-9-19)27-18-32-12-13-35(27)23-7-5-6-21(14-23)26-17-30(2,3)25-16-22(31)15-24(28(25)33-26)29(36)34-39(4,37)38/h5-11,14-16,26-27,32-33H,12-13,17-18H2,1-4H3,(H,34,36). The smallest absolute Gasteiger partial charge is 0.266 e. The molecule has 3 aromatic rings. The van der Waals surface area contributed by atoms with E-state index in [-0.39, 0.29) is 17.6 Å². The van der Waals surface area contributed by atoms with E-state index in [0.29, 0.717) is 17.7 Å². The van der Waals surface area contributed by atoms with Crippen molar-refractivity contribution in [1.29, 1.82) is 0 Å². The van der Waals surface area contributed by atoms with Gasteiger partial charge in [0.05, 0.1) is 29.6 Å². The maximum absolute atomic E-state index is 14.6. The van der Waals surface area contributed by atoms with E-state index < -0.39 is 27.2 Å². The van der Waals surface area contributed by atoms with Crippen LogP contribution in [0.3, 0.4) is 0 Å². The third-order valence-corrected chi connectivity index (χ3v) is 8.25. The molecule has 0 spiro atoms. The number of sulfonamides is 1. The molecule has 206 valence electrons. The number of piperazine rings is 1. The van der Waals surface area contributed by atoms with Crippen LogP contribution in [-0.4, -0.2) is 40.2 Å². The number of rotatable bonds is 5. The Labute approximate surface area is 229 Å². The van der Waals surface area contributed by atoms with Gasteiger partial charge in [-0.2, -0.15) is 0 Å². The predicted octanol–water partition coefficient (Wildman–Crippen LogP) is 4.81. The monoisotopic (exact) mass is 550 g/mol. The Balaban J connectivity index is 1.50. The Morgan fingerprint density at radius 3 is 2.54 bits per heavy atom. The molecule has 2 aliphatic rings. The van der Waals surface area contributed by atoms with Crippen molar-refractivity contribution < 1.29 is 17.6 Å². The second kappa shape index (κ2) is 10.3. The average molecular weight is 551 g/mol. The van der Waals surface area contributed by atoms with Gasteiger partial charge in [0.2, 0.25) is 10.0 Å². The zero-order valence-electron chi connectivity index (χ0n) is 22.7. The largest absolute Gasteiger partial charge is 0.377 e. The van der Waals surface area contributed by atoms with Crippen LogP contribution in [0.2, 0.25) is 0 Å². The Bertz CT molecular complexity index is 1510. The molecule has 2 atom stereocenters. The van der Waals surface area contributed by atoms with Crippen molar-refractivity contribution in [2.24, 2.45) is 0 Å². The highest BCUT2D eigenvalue weighted by atomic mass is 32.2. The Morgan fingerprint density at radius 2 is 1.82 bits per heavy atom. The van der Waals surface area contributed by atoms with Gasteiger partial charge in [-0.1, -0.05) is 55.8 Å². The number of hydrogen-bond donors (Lipinski definition) is 3. The number of amides is 1. The molecule has 2 heterocycles. The van der Waals surface area contributed by atoms with E-state index in [9.17, 15) is 17.6 Å². The summed E-state index contributed by atoms with van der Waals surface area (Å²) in [5.74, 6) is -1.43. The molecule has 9 heteroatoms. The van der Waals surface area contributed by atoms with Gasteiger partial charge in [0.1, 0.15) is 5.82 Å². The number of benzene rings is 3. The maximum atomic E-state index is 14.6. The van der Waals surface area contributed by atoms with Crippen LogP contribution in [0.4, 0.5) is 15.8 Å².